The van der Waals surface area contributed by atoms with Crippen molar-refractivity contribution in [3.8, 4) is 0 Å². The number of nitro benzene ring substituents is 1. The molecular weight excluding hydrogens is 300 g/mol. The third-order valence-electron chi connectivity index (χ3n) is 3.70. The van der Waals surface area contributed by atoms with Gasteiger partial charge >= 0.3 is 5.97 Å². The fraction of sp³-hybridized carbons (Fsp3) is 0.500. The highest BCUT2D eigenvalue weighted by Gasteiger charge is 2.33. The molecule has 1 aromatic rings. The average Bonchev–Trinajstić information content (AvgIpc) is 3.33. The molecule has 1 aliphatic carbocycles. The van der Waals surface area contributed by atoms with E-state index >= 15 is 0 Å². The predicted molar refractivity (Wildman–Crippen MR) is 82.8 cm³/mol. The summed E-state index contributed by atoms with van der Waals surface area (Å²) in [4.78, 5) is 36.1. The molecule has 124 valence electrons. The Morgan fingerprint density at radius 1 is 1.35 bits per heavy atom. The average molecular weight is 320 g/mol. The summed E-state index contributed by atoms with van der Waals surface area (Å²) in [6.45, 7) is 2.34. The van der Waals surface area contributed by atoms with Crippen molar-refractivity contribution in [1.82, 2.24) is 4.90 Å². The Bertz CT molecular complexity index is 598. The molecule has 0 aliphatic heterocycles. The van der Waals surface area contributed by atoms with Gasteiger partial charge in [-0.05, 0) is 19.8 Å². The fourth-order valence-electron chi connectivity index (χ4n) is 2.44. The number of amides is 1. The molecule has 1 amide bonds. The van der Waals surface area contributed by atoms with Gasteiger partial charge in [-0.15, -0.1) is 0 Å². The number of hydrogen-bond donors (Lipinski definition) is 0. The zero-order valence-electron chi connectivity index (χ0n) is 13.1. The lowest BCUT2D eigenvalue weighted by atomic mass is 10.1. The molecule has 0 spiro atoms. The van der Waals surface area contributed by atoms with Gasteiger partial charge in [0.1, 0.15) is 0 Å². The van der Waals surface area contributed by atoms with Crippen LogP contribution < -0.4 is 0 Å². The summed E-state index contributed by atoms with van der Waals surface area (Å²) in [6.07, 6.45) is 1.93. The molecule has 1 aliphatic rings. The highest BCUT2D eigenvalue weighted by atomic mass is 16.6. The third-order valence-corrected chi connectivity index (χ3v) is 3.70. The van der Waals surface area contributed by atoms with E-state index in [0.29, 0.717) is 18.7 Å². The number of benzene rings is 1. The van der Waals surface area contributed by atoms with E-state index in [2.05, 4.69) is 0 Å². The van der Waals surface area contributed by atoms with Gasteiger partial charge in [0.25, 0.3) is 5.69 Å². The molecule has 23 heavy (non-hydrogen) atoms. The number of carbonyl (C=O) groups is 2. The molecule has 0 radical (unpaired) electrons. The maximum Gasteiger partial charge on any atom is 0.307 e. The van der Waals surface area contributed by atoms with Crippen molar-refractivity contribution in [2.45, 2.75) is 38.6 Å². The molecule has 7 heteroatoms. The molecule has 7 nitrogen and oxygen atoms in total. The molecule has 2 rings (SSSR count). The van der Waals surface area contributed by atoms with Gasteiger partial charge in [0.15, 0.2) is 0 Å². The van der Waals surface area contributed by atoms with Gasteiger partial charge in [-0.25, -0.2) is 0 Å². The highest BCUT2D eigenvalue weighted by Crippen LogP contribution is 2.28. The van der Waals surface area contributed by atoms with Crippen molar-refractivity contribution in [1.29, 1.82) is 0 Å². The van der Waals surface area contributed by atoms with Gasteiger partial charge in [-0.3, -0.25) is 19.7 Å². The van der Waals surface area contributed by atoms with Crippen molar-refractivity contribution in [2.75, 3.05) is 13.2 Å². The van der Waals surface area contributed by atoms with Gasteiger partial charge in [-0.2, -0.15) is 0 Å². The van der Waals surface area contributed by atoms with Crippen molar-refractivity contribution < 1.29 is 19.2 Å². The van der Waals surface area contributed by atoms with Crippen LogP contribution in [0.25, 0.3) is 0 Å². The SMILES string of the molecule is CCOC(=O)CCN(C(=O)Cc1ccccc1[N+](=O)[O-])C1CC1. The minimum Gasteiger partial charge on any atom is -0.466 e. The number of para-hydroxylation sites is 1. The molecule has 0 aromatic heterocycles. The lowest BCUT2D eigenvalue weighted by molar-refractivity contribution is -0.385. The zero-order chi connectivity index (χ0) is 16.8. The van der Waals surface area contributed by atoms with Gasteiger partial charge < -0.3 is 9.64 Å². The van der Waals surface area contributed by atoms with Crippen LogP contribution in [0.15, 0.2) is 24.3 Å². The molecule has 0 saturated heterocycles. The molecule has 1 saturated carbocycles. The summed E-state index contributed by atoms with van der Waals surface area (Å²) in [5, 5.41) is 11.0. The summed E-state index contributed by atoms with van der Waals surface area (Å²) in [6, 6.07) is 6.37. The normalized spacial score (nSPS) is 13.4. The summed E-state index contributed by atoms with van der Waals surface area (Å²) >= 11 is 0. The number of ether oxygens (including phenoxy) is 1. The molecule has 0 unspecified atom stereocenters. The molecule has 0 atom stereocenters. The first-order valence-electron chi connectivity index (χ1n) is 7.70. The Morgan fingerprint density at radius 3 is 2.65 bits per heavy atom. The van der Waals surface area contributed by atoms with Crippen LogP contribution in [-0.4, -0.2) is 40.9 Å². The number of nitro groups is 1. The quantitative estimate of drug-likeness (QED) is 0.415. The minimum atomic E-state index is -0.483. The standard InChI is InChI=1S/C16H20N2O5/c1-2-23-16(20)9-10-17(13-7-8-13)15(19)11-12-5-3-4-6-14(12)18(21)22/h3-6,13H,2,7-11H2,1H3. The topological polar surface area (TPSA) is 89.8 Å². The second kappa shape index (κ2) is 7.71. The Hall–Kier alpha value is -2.44. The number of esters is 1. The van der Waals surface area contributed by atoms with E-state index in [1.165, 1.54) is 6.07 Å². The maximum absolute atomic E-state index is 12.5. The number of nitrogens with zero attached hydrogens (tertiary/aromatic N) is 2. The second-order valence-corrected chi connectivity index (χ2v) is 5.44. The zero-order valence-corrected chi connectivity index (χ0v) is 13.1. The van der Waals surface area contributed by atoms with Gasteiger partial charge in [0.2, 0.25) is 5.91 Å². The Labute approximate surface area is 134 Å². The van der Waals surface area contributed by atoms with Crippen LogP contribution in [-0.2, 0) is 20.7 Å². The fourth-order valence-corrected chi connectivity index (χ4v) is 2.44. The van der Waals surface area contributed by atoms with Gasteiger partial charge in [0, 0.05) is 24.2 Å². The van der Waals surface area contributed by atoms with Crippen LogP contribution in [0.4, 0.5) is 5.69 Å². The lowest BCUT2D eigenvalue weighted by Crippen LogP contribution is -2.36. The smallest absolute Gasteiger partial charge is 0.307 e. The number of carbonyl (C=O) groups excluding carboxylic acids is 2. The van der Waals surface area contributed by atoms with E-state index in [1.807, 2.05) is 0 Å². The third kappa shape index (κ3) is 4.77. The highest BCUT2D eigenvalue weighted by molar-refractivity contribution is 5.81. The molecule has 0 N–H and O–H groups in total. The first-order chi connectivity index (χ1) is 11.0. The van der Waals surface area contributed by atoms with Gasteiger partial charge in [-0.1, -0.05) is 18.2 Å². The molecular formula is C16H20N2O5. The monoisotopic (exact) mass is 320 g/mol. The summed E-state index contributed by atoms with van der Waals surface area (Å²) in [7, 11) is 0. The molecule has 0 heterocycles. The van der Waals surface area contributed by atoms with E-state index < -0.39 is 4.92 Å². The van der Waals surface area contributed by atoms with E-state index in [9.17, 15) is 19.7 Å². The summed E-state index contributed by atoms with van der Waals surface area (Å²) < 4.78 is 4.87. The van der Waals surface area contributed by atoms with E-state index in [4.69, 9.17) is 4.74 Å². The van der Waals surface area contributed by atoms with Crippen molar-refractivity contribution >= 4 is 17.6 Å². The minimum absolute atomic E-state index is 0.0313. The molecule has 1 aromatic carbocycles. The Balaban J connectivity index is 2.02. The van der Waals surface area contributed by atoms with Crippen LogP contribution in [0.3, 0.4) is 0 Å². The van der Waals surface area contributed by atoms with E-state index in [-0.39, 0.29) is 36.4 Å². The molecule has 1 fully saturated rings. The lowest BCUT2D eigenvalue weighted by Gasteiger charge is -2.22. The summed E-state index contributed by atoms with van der Waals surface area (Å²) in [5.41, 5.74) is 0.339. The molecule has 0 bridgehead atoms. The first kappa shape index (κ1) is 16.9. The first-order valence-corrected chi connectivity index (χ1v) is 7.70. The number of hydrogen-bond acceptors (Lipinski definition) is 5. The van der Waals surface area contributed by atoms with Crippen molar-refractivity contribution in [2.24, 2.45) is 0 Å². The van der Waals surface area contributed by atoms with Crippen LogP contribution in [0.2, 0.25) is 0 Å². The van der Waals surface area contributed by atoms with Crippen LogP contribution in [0.5, 0.6) is 0 Å². The van der Waals surface area contributed by atoms with E-state index in [1.54, 1.807) is 30.0 Å². The second-order valence-electron chi connectivity index (χ2n) is 5.44. The van der Waals surface area contributed by atoms with Crippen LogP contribution in [0, 0.1) is 10.1 Å². The van der Waals surface area contributed by atoms with Crippen molar-refractivity contribution in [3.05, 3.63) is 39.9 Å². The van der Waals surface area contributed by atoms with Crippen LogP contribution >= 0.6 is 0 Å². The van der Waals surface area contributed by atoms with Crippen LogP contribution in [0.1, 0.15) is 31.7 Å². The Kier molecular flexibility index (Phi) is 5.67. The Morgan fingerprint density at radius 2 is 2.04 bits per heavy atom. The van der Waals surface area contributed by atoms with Crippen molar-refractivity contribution in [3.63, 3.8) is 0 Å². The largest absolute Gasteiger partial charge is 0.466 e. The van der Waals surface area contributed by atoms with Gasteiger partial charge in [0.05, 0.1) is 24.4 Å². The maximum atomic E-state index is 12.5. The predicted octanol–water partition coefficient (Wildman–Crippen LogP) is 2.08. The summed E-state index contributed by atoms with van der Waals surface area (Å²) in [5.74, 6) is -0.525. The number of rotatable bonds is 8. The van der Waals surface area contributed by atoms with E-state index in [0.717, 1.165) is 12.8 Å².